The fraction of sp³-hybridized carbons (Fsp3) is 0.0189. The van der Waals surface area contributed by atoms with E-state index in [0.29, 0.717) is 0 Å². The smallest absolute Gasteiger partial charge is 0.0541 e. The minimum atomic E-state index is 1.10. The Bertz CT molecular complexity index is 2960. The molecular formula is C53H38N2. The Balaban J connectivity index is 1.11. The van der Waals surface area contributed by atoms with Crippen molar-refractivity contribution in [3.63, 3.8) is 0 Å². The maximum absolute atomic E-state index is 2.40. The summed E-state index contributed by atoms with van der Waals surface area (Å²) in [6.45, 7) is 2.14. The van der Waals surface area contributed by atoms with Crippen molar-refractivity contribution < 1.29 is 0 Å². The van der Waals surface area contributed by atoms with E-state index in [2.05, 4.69) is 229 Å². The minimum Gasteiger partial charge on any atom is -0.310 e. The molecule has 0 fully saturated rings. The zero-order chi connectivity index (χ0) is 36.7. The number of aromatic nitrogens is 1. The van der Waals surface area contributed by atoms with Crippen molar-refractivity contribution in [1.29, 1.82) is 0 Å². The first-order valence-electron chi connectivity index (χ1n) is 18.9. The van der Waals surface area contributed by atoms with E-state index in [1.165, 1.54) is 77.2 Å². The number of fused-ring (bicyclic) bond motifs is 4. The first-order valence-corrected chi connectivity index (χ1v) is 18.9. The Kier molecular flexibility index (Phi) is 8.08. The lowest BCUT2D eigenvalue weighted by atomic mass is 9.89. The second-order valence-corrected chi connectivity index (χ2v) is 14.2. The van der Waals surface area contributed by atoms with Crippen LogP contribution in [0.15, 0.2) is 212 Å². The molecule has 55 heavy (non-hydrogen) atoms. The van der Waals surface area contributed by atoms with Crippen molar-refractivity contribution in [1.82, 2.24) is 4.57 Å². The van der Waals surface area contributed by atoms with Gasteiger partial charge in [-0.15, -0.1) is 0 Å². The van der Waals surface area contributed by atoms with Crippen LogP contribution in [0.25, 0.3) is 71.6 Å². The summed E-state index contributed by atoms with van der Waals surface area (Å²) < 4.78 is 2.37. The van der Waals surface area contributed by atoms with Gasteiger partial charge in [0.05, 0.1) is 16.7 Å². The van der Waals surface area contributed by atoms with E-state index in [4.69, 9.17) is 0 Å². The number of aryl methyl sites for hydroxylation is 1. The van der Waals surface area contributed by atoms with Crippen molar-refractivity contribution in [2.45, 2.75) is 6.92 Å². The maximum Gasteiger partial charge on any atom is 0.0541 e. The fourth-order valence-electron chi connectivity index (χ4n) is 8.24. The average molecular weight is 703 g/mol. The molecule has 10 aromatic rings. The van der Waals surface area contributed by atoms with E-state index in [9.17, 15) is 0 Å². The van der Waals surface area contributed by atoms with Gasteiger partial charge < -0.3 is 9.47 Å². The van der Waals surface area contributed by atoms with Crippen LogP contribution in [0.2, 0.25) is 0 Å². The van der Waals surface area contributed by atoms with Crippen molar-refractivity contribution >= 4 is 49.6 Å². The van der Waals surface area contributed by atoms with Gasteiger partial charge >= 0.3 is 0 Å². The lowest BCUT2D eigenvalue weighted by Crippen LogP contribution is -2.11. The highest BCUT2D eigenvalue weighted by atomic mass is 15.1. The van der Waals surface area contributed by atoms with Crippen molar-refractivity contribution in [2.75, 3.05) is 4.90 Å². The molecule has 0 aliphatic heterocycles. The summed E-state index contributed by atoms with van der Waals surface area (Å²) in [4.78, 5) is 2.40. The van der Waals surface area contributed by atoms with Crippen molar-refractivity contribution in [3.05, 3.63) is 218 Å². The summed E-state index contributed by atoms with van der Waals surface area (Å²) in [5.41, 5.74) is 15.4. The van der Waals surface area contributed by atoms with Crippen LogP contribution in [0, 0.1) is 6.92 Å². The molecule has 0 spiro atoms. The van der Waals surface area contributed by atoms with Gasteiger partial charge in [0, 0.05) is 33.4 Å². The van der Waals surface area contributed by atoms with E-state index in [1.54, 1.807) is 0 Å². The second-order valence-electron chi connectivity index (χ2n) is 14.2. The first kappa shape index (κ1) is 32.5. The van der Waals surface area contributed by atoms with Crippen LogP contribution in [0.5, 0.6) is 0 Å². The van der Waals surface area contributed by atoms with Crippen LogP contribution in [0.4, 0.5) is 17.1 Å². The van der Waals surface area contributed by atoms with Gasteiger partial charge in [0.25, 0.3) is 0 Å². The molecule has 0 aliphatic carbocycles. The summed E-state index contributed by atoms with van der Waals surface area (Å²) in [6.07, 6.45) is 0. The molecule has 260 valence electrons. The second kappa shape index (κ2) is 13.7. The van der Waals surface area contributed by atoms with E-state index in [0.717, 1.165) is 17.1 Å². The van der Waals surface area contributed by atoms with Gasteiger partial charge in [0.15, 0.2) is 0 Å². The number of hydrogen-bond donors (Lipinski definition) is 0. The predicted molar refractivity (Wildman–Crippen MR) is 234 cm³/mol. The van der Waals surface area contributed by atoms with Gasteiger partial charge in [-0.1, -0.05) is 157 Å². The Hall–Kier alpha value is -7.16. The molecule has 2 nitrogen and oxygen atoms in total. The molecular weight excluding hydrogens is 665 g/mol. The Morgan fingerprint density at radius 1 is 0.382 bits per heavy atom. The normalized spacial score (nSPS) is 11.4. The average Bonchev–Trinajstić information content (AvgIpc) is 3.59. The van der Waals surface area contributed by atoms with Gasteiger partial charge in [0.1, 0.15) is 0 Å². The lowest BCUT2D eigenvalue weighted by Gasteiger charge is -2.29. The van der Waals surface area contributed by atoms with Crippen LogP contribution in [-0.2, 0) is 0 Å². The van der Waals surface area contributed by atoms with Gasteiger partial charge in [-0.3, -0.25) is 0 Å². The van der Waals surface area contributed by atoms with Crippen LogP contribution < -0.4 is 4.90 Å². The number of nitrogens with zero attached hydrogens (tertiary/aromatic N) is 2. The largest absolute Gasteiger partial charge is 0.310 e. The highest BCUT2D eigenvalue weighted by molar-refractivity contribution is 6.11. The first-order chi connectivity index (χ1) is 27.2. The molecule has 10 rings (SSSR count). The summed E-state index contributed by atoms with van der Waals surface area (Å²) in [7, 11) is 0. The zero-order valence-corrected chi connectivity index (χ0v) is 30.6. The molecule has 0 aliphatic rings. The quantitative estimate of drug-likeness (QED) is 0.160. The van der Waals surface area contributed by atoms with Crippen molar-refractivity contribution in [3.8, 4) is 39.1 Å². The van der Waals surface area contributed by atoms with E-state index < -0.39 is 0 Å². The molecule has 0 radical (unpaired) electrons. The Morgan fingerprint density at radius 2 is 0.982 bits per heavy atom. The number of hydrogen-bond acceptors (Lipinski definition) is 1. The summed E-state index contributed by atoms with van der Waals surface area (Å²) in [5.74, 6) is 0. The Morgan fingerprint density at radius 3 is 1.76 bits per heavy atom. The summed E-state index contributed by atoms with van der Waals surface area (Å²) >= 11 is 0. The fourth-order valence-corrected chi connectivity index (χ4v) is 8.24. The molecule has 2 heteroatoms. The van der Waals surface area contributed by atoms with Gasteiger partial charge in [0.2, 0.25) is 0 Å². The highest BCUT2D eigenvalue weighted by Gasteiger charge is 2.21. The van der Waals surface area contributed by atoms with Crippen LogP contribution in [0.3, 0.4) is 0 Å². The number of rotatable bonds is 7. The maximum atomic E-state index is 2.40. The standard InChI is InChI=1S/C53H38N2/c1-37-24-30-43(31-25-37)54(50-22-12-10-20-46(50)48-34-28-39-14-8-9-19-45(39)53(48)40-15-4-2-5-16-40)44-32-26-38(27-33-44)41-29-35-52-49(36-41)47-21-11-13-23-51(47)55(52)42-17-6-3-7-18-42/h2-36H,1H3. The number of anilines is 3. The zero-order valence-electron chi connectivity index (χ0n) is 30.6. The molecule has 0 saturated carbocycles. The third-order valence-corrected chi connectivity index (χ3v) is 10.9. The predicted octanol–water partition coefficient (Wildman–Crippen LogP) is 14.7. The number of benzene rings is 9. The molecule has 0 unspecified atom stereocenters. The molecule has 0 amide bonds. The molecule has 0 saturated heterocycles. The SMILES string of the molecule is Cc1ccc(N(c2ccc(-c3ccc4c(c3)c3ccccc3n4-c3ccccc3)cc2)c2ccccc2-c2ccc3ccccc3c2-c2ccccc2)cc1. The Labute approximate surface area is 321 Å². The molecule has 1 heterocycles. The van der Waals surface area contributed by atoms with Gasteiger partial charge in [-0.2, -0.15) is 0 Å². The molecule has 9 aromatic carbocycles. The topological polar surface area (TPSA) is 8.17 Å². The van der Waals surface area contributed by atoms with Crippen LogP contribution in [0.1, 0.15) is 5.56 Å². The minimum absolute atomic E-state index is 1.10. The number of para-hydroxylation sites is 3. The summed E-state index contributed by atoms with van der Waals surface area (Å²) in [6, 6.07) is 77.1. The van der Waals surface area contributed by atoms with E-state index >= 15 is 0 Å². The van der Waals surface area contributed by atoms with E-state index in [1.807, 2.05) is 0 Å². The highest BCUT2D eigenvalue weighted by Crippen LogP contribution is 2.46. The van der Waals surface area contributed by atoms with Gasteiger partial charge in [-0.25, -0.2) is 0 Å². The van der Waals surface area contributed by atoms with Gasteiger partial charge in [-0.05, 0) is 106 Å². The van der Waals surface area contributed by atoms with Crippen LogP contribution >= 0.6 is 0 Å². The van der Waals surface area contributed by atoms with Crippen LogP contribution in [-0.4, -0.2) is 4.57 Å². The lowest BCUT2D eigenvalue weighted by molar-refractivity contribution is 1.18. The third kappa shape index (κ3) is 5.76. The molecule has 0 atom stereocenters. The molecule has 1 aromatic heterocycles. The summed E-state index contributed by atoms with van der Waals surface area (Å²) in [5, 5.41) is 4.99. The third-order valence-electron chi connectivity index (χ3n) is 10.9. The van der Waals surface area contributed by atoms with Crippen molar-refractivity contribution in [2.24, 2.45) is 0 Å². The monoisotopic (exact) mass is 702 g/mol. The molecule has 0 bridgehead atoms. The molecule has 0 N–H and O–H groups in total. The van der Waals surface area contributed by atoms with E-state index in [-0.39, 0.29) is 0 Å².